The second-order valence-corrected chi connectivity index (χ2v) is 9.84. The van der Waals surface area contributed by atoms with Crippen LogP contribution in [0.1, 0.15) is 25.0 Å². The van der Waals surface area contributed by atoms with Gasteiger partial charge in [0.15, 0.2) is 5.65 Å². The standard InChI is InChI=1S/C18H21F2N7OS/c1-29(2,28)25-12-4-3-7-26(10-12)17-8-14(22-11-23-17)15-9-21-16-6-5-13(18(19)20)24-27(15)16/h5-6,8-9,11-12,18H,3-4,7,10H2,1-2H3. The molecule has 0 saturated carbocycles. The van der Waals surface area contributed by atoms with Crippen LogP contribution in [0.15, 0.2) is 35.1 Å². The van der Waals surface area contributed by atoms with Crippen LogP contribution in [0.5, 0.6) is 0 Å². The van der Waals surface area contributed by atoms with Gasteiger partial charge in [0.1, 0.15) is 23.5 Å². The number of halogens is 2. The zero-order valence-electron chi connectivity index (χ0n) is 16.1. The lowest BCUT2D eigenvalue weighted by molar-refractivity contribution is 0.144. The third-order valence-electron chi connectivity index (χ3n) is 4.65. The number of piperidine rings is 1. The average Bonchev–Trinajstić information content (AvgIpc) is 3.10. The zero-order chi connectivity index (χ0) is 20.6. The van der Waals surface area contributed by atoms with Gasteiger partial charge in [-0.2, -0.15) is 5.10 Å². The van der Waals surface area contributed by atoms with Gasteiger partial charge in [-0.1, -0.05) is 0 Å². The van der Waals surface area contributed by atoms with Crippen LogP contribution < -0.4 is 4.90 Å². The monoisotopic (exact) mass is 421 g/mol. The molecule has 0 aromatic carbocycles. The van der Waals surface area contributed by atoms with Gasteiger partial charge in [-0.05, 0) is 25.0 Å². The van der Waals surface area contributed by atoms with E-state index in [-0.39, 0.29) is 11.7 Å². The Morgan fingerprint density at radius 2 is 2.07 bits per heavy atom. The fourth-order valence-corrected chi connectivity index (χ4v) is 4.34. The maximum absolute atomic E-state index is 13.0. The van der Waals surface area contributed by atoms with E-state index in [2.05, 4.69) is 29.3 Å². The molecule has 8 nitrogen and oxygen atoms in total. The van der Waals surface area contributed by atoms with Gasteiger partial charge < -0.3 is 4.90 Å². The van der Waals surface area contributed by atoms with Crippen LogP contribution in [0, 0.1) is 0 Å². The molecule has 4 heterocycles. The molecular formula is C18H21F2N7OS. The minimum Gasteiger partial charge on any atom is -0.354 e. The summed E-state index contributed by atoms with van der Waals surface area (Å²) in [4.78, 5) is 14.9. The maximum Gasteiger partial charge on any atom is 0.282 e. The van der Waals surface area contributed by atoms with Crippen LogP contribution in [0.2, 0.25) is 0 Å². The average molecular weight is 421 g/mol. The summed E-state index contributed by atoms with van der Waals surface area (Å²) >= 11 is 0. The third kappa shape index (κ3) is 4.34. The predicted octanol–water partition coefficient (Wildman–Crippen LogP) is 2.82. The van der Waals surface area contributed by atoms with Crippen molar-refractivity contribution in [3.63, 3.8) is 0 Å². The number of rotatable bonds is 4. The van der Waals surface area contributed by atoms with E-state index < -0.39 is 16.2 Å². The van der Waals surface area contributed by atoms with E-state index in [1.54, 1.807) is 24.8 Å². The number of fused-ring (bicyclic) bond motifs is 1. The topological polar surface area (TPSA) is 88.6 Å². The molecule has 29 heavy (non-hydrogen) atoms. The van der Waals surface area contributed by atoms with Crippen molar-refractivity contribution in [2.45, 2.75) is 25.3 Å². The molecule has 0 N–H and O–H groups in total. The Labute approximate surface area is 167 Å². The van der Waals surface area contributed by atoms with E-state index in [1.165, 1.54) is 23.0 Å². The Hall–Kier alpha value is -2.69. The van der Waals surface area contributed by atoms with Crippen molar-refractivity contribution in [3.8, 4) is 11.4 Å². The van der Waals surface area contributed by atoms with E-state index in [0.717, 1.165) is 19.4 Å². The molecule has 1 aliphatic heterocycles. The number of nitrogens with zero attached hydrogens (tertiary/aromatic N) is 7. The highest BCUT2D eigenvalue weighted by Crippen LogP contribution is 2.25. The Morgan fingerprint density at radius 1 is 1.24 bits per heavy atom. The molecule has 4 rings (SSSR count). The minimum absolute atomic E-state index is 0.0178. The number of anilines is 1. The first-order chi connectivity index (χ1) is 13.8. The van der Waals surface area contributed by atoms with Gasteiger partial charge in [-0.3, -0.25) is 4.21 Å². The quantitative estimate of drug-likeness (QED) is 0.644. The Balaban J connectivity index is 1.67. The predicted molar refractivity (Wildman–Crippen MR) is 107 cm³/mol. The second kappa shape index (κ2) is 7.62. The second-order valence-electron chi connectivity index (χ2n) is 7.26. The summed E-state index contributed by atoms with van der Waals surface area (Å²) in [5, 5.41) is 3.99. The maximum atomic E-state index is 13.0. The van der Waals surface area contributed by atoms with Crippen LogP contribution >= 0.6 is 0 Å². The third-order valence-corrected chi connectivity index (χ3v) is 5.45. The van der Waals surface area contributed by atoms with Crippen LogP contribution in [-0.4, -0.2) is 60.4 Å². The SMILES string of the molecule is CS(C)(=O)=NC1CCCN(c2cc(-c3cnc4ccc(C(F)F)nn34)ncn2)C1. The highest BCUT2D eigenvalue weighted by Gasteiger charge is 2.22. The van der Waals surface area contributed by atoms with Gasteiger partial charge in [0.2, 0.25) is 0 Å². The minimum atomic E-state index is -2.67. The fourth-order valence-electron chi connectivity index (χ4n) is 3.45. The molecule has 1 unspecified atom stereocenters. The molecule has 0 radical (unpaired) electrons. The highest BCUT2D eigenvalue weighted by molar-refractivity contribution is 7.92. The largest absolute Gasteiger partial charge is 0.354 e. The molecule has 0 aliphatic carbocycles. The summed E-state index contributed by atoms with van der Waals surface area (Å²) in [6, 6.07) is 4.54. The summed E-state index contributed by atoms with van der Waals surface area (Å²) in [5.41, 5.74) is 1.18. The molecule has 1 fully saturated rings. The number of alkyl halides is 2. The Bertz CT molecular complexity index is 1150. The van der Waals surface area contributed by atoms with Crippen molar-refractivity contribution in [2.24, 2.45) is 4.36 Å². The first kappa shape index (κ1) is 19.6. The molecule has 1 aliphatic rings. The lowest BCUT2D eigenvalue weighted by atomic mass is 10.1. The number of hydrogen-bond donors (Lipinski definition) is 0. The summed E-state index contributed by atoms with van der Waals surface area (Å²) in [5.74, 6) is 0.702. The normalized spacial score (nSPS) is 17.8. The van der Waals surface area contributed by atoms with Gasteiger partial charge in [0.25, 0.3) is 6.43 Å². The summed E-state index contributed by atoms with van der Waals surface area (Å²) in [6.07, 6.45) is 5.40. The first-order valence-electron chi connectivity index (χ1n) is 9.16. The number of hydrogen-bond acceptors (Lipinski definition) is 7. The van der Waals surface area contributed by atoms with Gasteiger partial charge in [0, 0.05) is 41.4 Å². The van der Waals surface area contributed by atoms with E-state index >= 15 is 0 Å². The zero-order valence-corrected chi connectivity index (χ0v) is 16.9. The van der Waals surface area contributed by atoms with Crippen LogP contribution in [0.25, 0.3) is 17.0 Å². The highest BCUT2D eigenvalue weighted by atomic mass is 32.2. The van der Waals surface area contributed by atoms with E-state index in [4.69, 9.17) is 0 Å². The van der Waals surface area contributed by atoms with Crippen molar-refractivity contribution in [2.75, 3.05) is 30.5 Å². The van der Waals surface area contributed by atoms with Gasteiger partial charge in [-0.15, -0.1) is 0 Å². The summed E-state index contributed by atoms with van der Waals surface area (Å²) in [6.45, 7) is 1.42. The van der Waals surface area contributed by atoms with Crippen molar-refractivity contribution < 1.29 is 13.0 Å². The molecule has 1 saturated heterocycles. The van der Waals surface area contributed by atoms with Gasteiger partial charge in [-0.25, -0.2) is 32.6 Å². The molecule has 0 spiro atoms. The molecule has 11 heteroatoms. The lowest BCUT2D eigenvalue weighted by Crippen LogP contribution is -2.38. The van der Waals surface area contributed by atoms with Crippen molar-refractivity contribution in [3.05, 3.63) is 36.4 Å². The lowest BCUT2D eigenvalue weighted by Gasteiger charge is -2.31. The summed E-state index contributed by atoms with van der Waals surface area (Å²) in [7, 11) is -2.17. The van der Waals surface area contributed by atoms with Crippen LogP contribution in [0.3, 0.4) is 0 Å². The molecule has 0 bridgehead atoms. The van der Waals surface area contributed by atoms with E-state index in [9.17, 15) is 13.0 Å². The fraction of sp³-hybridized carbons (Fsp3) is 0.444. The van der Waals surface area contributed by atoms with Crippen LogP contribution in [-0.2, 0) is 9.73 Å². The Kier molecular flexibility index (Phi) is 5.15. The smallest absolute Gasteiger partial charge is 0.282 e. The molecule has 3 aromatic heterocycles. The van der Waals surface area contributed by atoms with Gasteiger partial charge >= 0.3 is 0 Å². The van der Waals surface area contributed by atoms with Crippen molar-refractivity contribution in [1.29, 1.82) is 0 Å². The summed E-state index contributed by atoms with van der Waals surface area (Å²) < 4.78 is 43.9. The van der Waals surface area contributed by atoms with E-state index in [1.807, 2.05) is 0 Å². The van der Waals surface area contributed by atoms with Crippen molar-refractivity contribution >= 4 is 21.2 Å². The van der Waals surface area contributed by atoms with Gasteiger partial charge in [0.05, 0.1) is 17.9 Å². The van der Waals surface area contributed by atoms with E-state index in [0.29, 0.717) is 29.4 Å². The molecular weight excluding hydrogens is 400 g/mol. The molecule has 0 amide bonds. The van der Waals surface area contributed by atoms with Crippen LogP contribution in [0.4, 0.5) is 14.6 Å². The first-order valence-corrected chi connectivity index (χ1v) is 11.5. The number of imidazole rings is 1. The molecule has 154 valence electrons. The van der Waals surface area contributed by atoms with Crippen molar-refractivity contribution in [1.82, 2.24) is 24.6 Å². The Morgan fingerprint density at radius 3 is 2.83 bits per heavy atom. The number of aromatic nitrogens is 5. The molecule has 3 aromatic rings. The molecule has 1 atom stereocenters.